The highest BCUT2D eigenvalue weighted by Crippen LogP contribution is 2.38. The number of anilines is 1. The number of rotatable bonds is 5. The van der Waals surface area contributed by atoms with Crippen LogP contribution in [0, 0.1) is 0 Å². The van der Waals surface area contributed by atoms with Gasteiger partial charge in [0.2, 0.25) is 0 Å². The van der Waals surface area contributed by atoms with Crippen molar-refractivity contribution in [1.29, 1.82) is 0 Å². The van der Waals surface area contributed by atoms with Gasteiger partial charge < -0.3 is 19.8 Å². The molecule has 126 valence electrons. The second-order valence-electron chi connectivity index (χ2n) is 5.83. The molecule has 0 radical (unpaired) electrons. The van der Waals surface area contributed by atoms with Crippen LogP contribution in [-0.4, -0.2) is 29.4 Å². The quantitative estimate of drug-likeness (QED) is 0.826. The van der Waals surface area contributed by atoms with Gasteiger partial charge >= 0.3 is 0 Å². The molecule has 1 amide bonds. The van der Waals surface area contributed by atoms with Crippen molar-refractivity contribution >= 4 is 17.4 Å². The summed E-state index contributed by atoms with van der Waals surface area (Å²) in [5.41, 5.74) is 2.41. The molecule has 0 saturated carbocycles. The lowest BCUT2D eigenvalue weighted by Crippen LogP contribution is -2.13. The molecule has 0 saturated heterocycles. The molecule has 6 nitrogen and oxygen atoms in total. The number of aromatic nitrogens is 1. The molecule has 1 atom stereocenters. The molecule has 3 rings (SSSR count). The highest BCUT2D eigenvalue weighted by Gasteiger charge is 2.23. The van der Waals surface area contributed by atoms with E-state index in [0.717, 1.165) is 17.7 Å². The van der Waals surface area contributed by atoms with E-state index < -0.39 is 0 Å². The van der Waals surface area contributed by atoms with Crippen molar-refractivity contribution in [2.75, 3.05) is 11.9 Å². The van der Waals surface area contributed by atoms with Crippen LogP contribution in [0.3, 0.4) is 0 Å². The van der Waals surface area contributed by atoms with Gasteiger partial charge in [0.15, 0.2) is 5.78 Å². The van der Waals surface area contributed by atoms with Crippen LogP contribution >= 0.6 is 0 Å². The number of hydrogen-bond acceptors (Lipinski definition) is 4. The Balaban J connectivity index is 1.86. The predicted molar refractivity (Wildman–Crippen MR) is 90.2 cm³/mol. The van der Waals surface area contributed by atoms with Gasteiger partial charge in [-0.1, -0.05) is 0 Å². The molecular weight excluding hydrogens is 308 g/mol. The van der Waals surface area contributed by atoms with Crippen molar-refractivity contribution in [3.63, 3.8) is 0 Å². The van der Waals surface area contributed by atoms with Crippen molar-refractivity contribution in [2.45, 2.75) is 33.3 Å². The van der Waals surface area contributed by atoms with Crippen molar-refractivity contribution in [1.82, 2.24) is 4.98 Å². The summed E-state index contributed by atoms with van der Waals surface area (Å²) >= 11 is 0. The minimum atomic E-state index is -0.338. The smallest absolute Gasteiger partial charge is 0.272 e. The maximum absolute atomic E-state index is 12.4. The van der Waals surface area contributed by atoms with E-state index in [1.54, 1.807) is 6.07 Å². The van der Waals surface area contributed by atoms with Crippen LogP contribution in [0.5, 0.6) is 11.5 Å². The summed E-state index contributed by atoms with van der Waals surface area (Å²) in [5, 5.41) is 2.82. The lowest BCUT2D eigenvalue weighted by atomic mass is 10.1. The lowest BCUT2D eigenvalue weighted by molar-refractivity contribution is 0.101. The molecule has 0 bridgehead atoms. The Morgan fingerprint density at radius 3 is 2.83 bits per heavy atom. The van der Waals surface area contributed by atoms with Crippen molar-refractivity contribution < 1.29 is 19.1 Å². The fraction of sp³-hybridized carbons (Fsp3) is 0.333. The number of fused-ring (bicyclic) bond motifs is 1. The Morgan fingerprint density at radius 2 is 2.17 bits per heavy atom. The third-order valence-electron chi connectivity index (χ3n) is 3.88. The monoisotopic (exact) mass is 328 g/mol. The van der Waals surface area contributed by atoms with Gasteiger partial charge in [-0.05, 0) is 32.9 Å². The van der Waals surface area contributed by atoms with E-state index >= 15 is 0 Å². The summed E-state index contributed by atoms with van der Waals surface area (Å²) in [4.78, 5) is 26.6. The zero-order chi connectivity index (χ0) is 17.3. The molecule has 1 aliphatic heterocycles. The number of carbonyl (C=O) groups is 2. The molecule has 6 heteroatoms. The fourth-order valence-corrected chi connectivity index (χ4v) is 2.73. The van der Waals surface area contributed by atoms with Crippen LogP contribution in [0.4, 0.5) is 5.69 Å². The van der Waals surface area contributed by atoms with Crippen molar-refractivity contribution in [2.24, 2.45) is 0 Å². The Labute approximate surface area is 140 Å². The number of Topliss-reactive ketones (excluding diaryl/α,β-unsaturated/α-hetero) is 1. The van der Waals surface area contributed by atoms with Crippen LogP contribution in [0.25, 0.3) is 0 Å². The van der Waals surface area contributed by atoms with E-state index in [-0.39, 0.29) is 17.8 Å². The number of nitrogens with one attached hydrogen (secondary N) is 2. The zero-order valence-corrected chi connectivity index (χ0v) is 13.9. The van der Waals surface area contributed by atoms with Crippen LogP contribution in [0.15, 0.2) is 24.4 Å². The number of carbonyl (C=O) groups excluding carboxylic acids is 2. The summed E-state index contributed by atoms with van der Waals surface area (Å²) in [6, 6.07) is 5.23. The van der Waals surface area contributed by atoms with Crippen LogP contribution in [-0.2, 0) is 6.42 Å². The van der Waals surface area contributed by atoms with Crippen LogP contribution in [0.2, 0.25) is 0 Å². The van der Waals surface area contributed by atoms with E-state index in [1.807, 2.05) is 19.9 Å². The minimum absolute atomic E-state index is 0.0970. The maximum atomic E-state index is 12.4. The summed E-state index contributed by atoms with van der Waals surface area (Å²) in [6.45, 7) is 5.84. The molecule has 0 unspecified atom stereocenters. The van der Waals surface area contributed by atoms with Gasteiger partial charge in [-0.3, -0.25) is 9.59 Å². The van der Waals surface area contributed by atoms with Gasteiger partial charge in [-0.2, -0.15) is 0 Å². The topological polar surface area (TPSA) is 80.4 Å². The summed E-state index contributed by atoms with van der Waals surface area (Å²) < 4.78 is 11.4. The van der Waals surface area contributed by atoms with E-state index in [4.69, 9.17) is 9.47 Å². The van der Waals surface area contributed by atoms with Gasteiger partial charge in [0, 0.05) is 29.8 Å². The molecule has 1 aromatic carbocycles. The van der Waals surface area contributed by atoms with Gasteiger partial charge in [0.25, 0.3) is 5.91 Å². The number of hydrogen-bond donors (Lipinski definition) is 2. The largest absolute Gasteiger partial charge is 0.492 e. The standard InChI is InChI=1S/C18H20N2O4/c1-4-23-17-7-12-5-10(2)24-16(12)8-14(17)20-18(22)15-6-13(9-19-15)11(3)21/h6-10,19H,4-5H2,1-3H3,(H,20,22)/t10-/m0/s1. The maximum Gasteiger partial charge on any atom is 0.272 e. The summed E-state index contributed by atoms with van der Waals surface area (Å²) in [5.74, 6) is 0.937. The molecule has 2 N–H and O–H groups in total. The normalized spacial score (nSPS) is 15.5. The van der Waals surface area contributed by atoms with Crippen molar-refractivity contribution in [3.05, 3.63) is 41.2 Å². The average Bonchev–Trinajstić information content (AvgIpc) is 3.13. The van der Waals surface area contributed by atoms with Crippen LogP contribution in [0.1, 0.15) is 47.2 Å². The second kappa shape index (κ2) is 6.39. The first-order valence-corrected chi connectivity index (χ1v) is 7.95. The van der Waals surface area contributed by atoms with E-state index in [0.29, 0.717) is 29.3 Å². The third-order valence-corrected chi connectivity index (χ3v) is 3.88. The van der Waals surface area contributed by atoms with Crippen molar-refractivity contribution in [3.8, 4) is 11.5 Å². The average molecular weight is 328 g/mol. The summed E-state index contributed by atoms with van der Waals surface area (Å²) in [7, 11) is 0. The van der Waals surface area contributed by atoms with E-state index in [2.05, 4.69) is 10.3 Å². The van der Waals surface area contributed by atoms with Gasteiger partial charge in [-0.15, -0.1) is 0 Å². The van der Waals surface area contributed by atoms with E-state index in [9.17, 15) is 9.59 Å². The van der Waals surface area contributed by atoms with Crippen LogP contribution < -0.4 is 14.8 Å². The Bertz CT molecular complexity index is 794. The Kier molecular flexibility index (Phi) is 4.29. The SMILES string of the molecule is CCOc1cc2c(cc1NC(=O)c1cc(C(C)=O)c[nH]1)O[C@@H](C)C2. The second-order valence-corrected chi connectivity index (χ2v) is 5.83. The number of benzene rings is 1. The number of aromatic amines is 1. The number of H-pyrrole nitrogens is 1. The molecule has 24 heavy (non-hydrogen) atoms. The first-order chi connectivity index (χ1) is 11.5. The highest BCUT2D eigenvalue weighted by molar-refractivity contribution is 6.06. The summed E-state index contributed by atoms with van der Waals surface area (Å²) in [6.07, 6.45) is 2.46. The molecule has 1 aromatic heterocycles. The van der Waals surface area contributed by atoms with Gasteiger partial charge in [-0.25, -0.2) is 0 Å². The molecule has 1 aliphatic rings. The lowest BCUT2D eigenvalue weighted by Gasteiger charge is -2.13. The highest BCUT2D eigenvalue weighted by atomic mass is 16.5. The van der Waals surface area contributed by atoms with Gasteiger partial charge in [0.1, 0.15) is 23.3 Å². The molecule has 2 heterocycles. The third kappa shape index (κ3) is 3.13. The molecule has 0 fully saturated rings. The first kappa shape index (κ1) is 16.1. The number of ketones is 1. The number of amides is 1. The minimum Gasteiger partial charge on any atom is -0.492 e. The van der Waals surface area contributed by atoms with E-state index in [1.165, 1.54) is 19.2 Å². The van der Waals surface area contributed by atoms with Gasteiger partial charge in [0.05, 0.1) is 12.3 Å². The fourth-order valence-electron chi connectivity index (χ4n) is 2.73. The molecule has 0 spiro atoms. The predicted octanol–water partition coefficient (Wildman–Crippen LogP) is 3.19. The molecular formula is C18H20N2O4. The Morgan fingerprint density at radius 1 is 1.38 bits per heavy atom. The zero-order valence-electron chi connectivity index (χ0n) is 13.9. The molecule has 0 aliphatic carbocycles. The Hall–Kier alpha value is -2.76. The number of ether oxygens (including phenoxy) is 2. The molecule has 2 aromatic rings. The first-order valence-electron chi connectivity index (χ1n) is 7.95.